The highest BCUT2D eigenvalue weighted by atomic mass is 16.5. The van der Waals surface area contributed by atoms with E-state index in [0.29, 0.717) is 6.61 Å². The maximum absolute atomic E-state index is 5.45. The topological polar surface area (TPSA) is 50.4 Å². The molecule has 0 bridgehead atoms. The first-order valence-electron chi connectivity index (χ1n) is 4.86. The molecule has 0 saturated carbocycles. The van der Waals surface area contributed by atoms with Crippen LogP contribution in [-0.2, 0) is 4.74 Å². The number of hydrogen-bond donors (Lipinski definition) is 1. The summed E-state index contributed by atoms with van der Waals surface area (Å²) in [6.07, 6.45) is 3.30. The van der Waals surface area contributed by atoms with Crippen molar-refractivity contribution >= 4 is 0 Å². The van der Waals surface area contributed by atoms with E-state index in [-0.39, 0.29) is 0 Å². The predicted octanol–water partition coefficient (Wildman–Crippen LogP) is 0.121. The van der Waals surface area contributed by atoms with Crippen molar-refractivity contribution in [3.05, 3.63) is 12.5 Å². The third-order valence-corrected chi connectivity index (χ3v) is 2.24. The first-order chi connectivity index (χ1) is 6.95. The van der Waals surface area contributed by atoms with Gasteiger partial charge in [0.1, 0.15) is 6.61 Å². The van der Waals surface area contributed by atoms with E-state index in [1.807, 2.05) is 0 Å². The van der Waals surface area contributed by atoms with Crippen molar-refractivity contribution in [3.8, 4) is 5.88 Å². The smallest absolute Gasteiger partial charge is 0.210 e. The molecular formula is C9H15N3O2. The molecule has 0 unspecified atom stereocenters. The Morgan fingerprint density at radius 2 is 2.36 bits per heavy atom. The van der Waals surface area contributed by atoms with E-state index in [9.17, 15) is 0 Å². The van der Waals surface area contributed by atoms with E-state index in [1.54, 1.807) is 12.5 Å². The van der Waals surface area contributed by atoms with Gasteiger partial charge in [0, 0.05) is 19.6 Å². The quantitative estimate of drug-likeness (QED) is 0.745. The molecule has 1 fully saturated rings. The summed E-state index contributed by atoms with van der Waals surface area (Å²) < 4.78 is 10.7. The maximum Gasteiger partial charge on any atom is 0.210 e. The van der Waals surface area contributed by atoms with Crippen molar-refractivity contribution in [1.82, 2.24) is 14.9 Å². The molecule has 1 aliphatic rings. The monoisotopic (exact) mass is 197 g/mol. The molecule has 0 aliphatic carbocycles. The highest BCUT2D eigenvalue weighted by molar-refractivity contribution is 5.00. The molecule has 78 valence electrons. The number of nitrogens with zero attached hydrogens (tertiary/aromatic N) is 2. The number of H-pyrrole nitrogens is 1. The van der Waals surface area contributed by atoms with E-state index >= 15 is 0 Å². The van der Waals surface area contributed by atoms with Crippen LogP contribution < -0.4 is 4.74 Å². The summed E-state index contributed by atoms with van der Waals surface area (Å²) >= 11 is 0. The van der Waals surface area contributed by atoms with E-state index in [0.717, 1.165) is 38.7 Å². The molecule has 1 aromatic heterocycles. The third-order valence-electron chi connectivity index (χ3n) is 2.24. The molecule has 1 N–H and O–H groups in total. The normalized spacial score (nSPS) is 18.3. The Balaban J connectivity index is 1.62. The molecule has 0 spiro atoms. The van der Waals surface area contributed by atoms with Crippen molar-refractivity contribution < 1.29 is 9.47 Å². The molecule has 2 heterocycles. The lowest BCUT2D eigenvalue weighted by atomic mass is 10.4. The van der Waals surface area contributed by atoms with Gasteiger partial charge in [0.25, 0.3) is 0 Å². The number of hydrogen-bond acceptors (Lipinski definition) is 4. The number of ether oxygens (including phenoxy) is 2. The summed E-state index contributed by atoms with van der Waals surface area (Å²) in [5, 5.41) is 0. The number of rotatable bonds is 4. The van der Waals surface area contributed by atoms with Gasteiger partial charge in [0.15, 0.2) is 0 Å². The van der Waals surface area contributed by atoms with Crippen LogP contribution in [0.25, 0.3) is 0 Å². The van der Waals surface area contributed by atoms with E-state index in [4.69, 9.17) is 9.47 Å². The minimum atomic E-state index is 0.697. The molecule has 5 heteroatoms. The fraction of sp³-hybridized carbons (Fsp3) is 0.667. The van der Waals surface area contributed by atoms with Gasteiger partial charge in [-0.1, -0.05) is 0 Å². The van der Waals surface area contributed by atoms with E-state index in [1.165, 1.54) is 0 Å². The molecular weight excluding hydrogens is 182 g/mol. The first kappa shape index (κ1) is 9.48. The van der Waals surface area contributed by atoms with Gasteiger partial charge < -0.3 is 14.5 Å². The number of aromatic nitrogens is 2. The van der Waals surface area contributed by atoms with Crippen LogP contribution in [-0.4, -0.2) is 54.3 Å². The Hall–Kier alpha value is -1.07. The second kappa shape index (κ2) is 4.97. The lowest BCUT2D eigenvalue weighted by Gasteiger charge is -2.26. The Morgan fingerprint density at radius 1 is 1.50 bits per heavy atom. The summed E-state index contributed by atoms with van der Waals surface area (Å²) in [7, 11) is 0. The highest BCUT2D eigenvalue weighted by Gasteiger charge is 2.09. The maximum atomic E-state index is 5.45. The van der Waals surface area contributed by atoms with Crippen LogP contribution in [0.5, 0.6) is 5.88 Å². The van der Waals surface area contributed by atoms with Gasteiger partial charge in [0.2, 0.25) is 5.88 Å². The minimum absolute atomic E-state index is 0.697. The van der Waals surface area contributed by atoms with Crippen molar-refractivity contribution in [2.75, 3.05) is 39.5 Å². The summed E-state index contributed by atoms with van der Waals surface area (Å²) in [5.74, 6) is 0.734. The zero-order valence-electron chi connectivity index (χ0n) is 8.11. The van der Waals surface area contributed by atoms with Crippen LogP contribution in [0.1, 0.15) is 0 Å². The van der Waals surface area contributed by atoms with E-state index < -0.39 is 0 Å². The van der Waals surface area contributed by atoms with Gasteiger partial charge in [0.05, 0.1) is 25.7 Å². The third kappa shape index (κ3) is 2.71. The van der Waals surface area contributed by atoms with Crippen LogP contribution in [0.2, 0.25) is 0 Å². The molecule has 1 saturated heterocycles. The largest absolute Gasteiger partial charge is 0.476 e. The van der Waals surface area contributed by atoms with Crippen LogP contribution in [0.4, 0.5) is 0 Å². The molecule has 0 aromatic carbocycles. The molecule has 1 aliphatic heterocycles. The minimum Gasteiger partial charge on any atom is -0.476 e. The summed E-state index contributed by atoms with van der Waals surface area (Å²) in [6, 6.07) is 0. The zero-order valence-corrected chi connectivity index (χ0v) is 8.11. The average Bonchev–Trinajstić information content (AvgIpc) is 2.72. The van der Waals surface area contributed by atoms with Crippen LogP contribution in [0.15, 0.2) is 12.5 Å². The SMILES string of the molecule is c1ncc(OCCN2CCOCC2)[nH]1. The van der Waals surface area contributed by atoms with Gasteiger partial charge in [-0.2, -0.15) is 0 Å². The van der Waals surface area contributed by atoms with Gasteiger partial charge in [-0.25, -0.2) is 4.98 Å². The van der Waals surface area contributed by atoms with Gasteiger partial charge in [-0.15, -0.1) is 0 Å². The molecule has 0 amide bonds. The zero-order chi connectivity index (χ0) is 9.64. The Morgan fingerprint density at radius 3 is 3.07 bits per heavy atom. The van der Waals surface area contributed by atoms with Crippen molar-refractivity contribution in [2.45, 2.75) is 0 Å². The highest BCUT2D eigenvalue weighted by Crippen LogP contribution is 2.02. The van der Waals surface area contributed by atoms with Crippen LogP contribution in [0.3, 0.4) is 0 Å². The van der Waals surface area contributed by atoms with Crippen molar-refractivity contribution in [2.24, 2.45) is 0 Å². The molecule has 0 atom stereocenters. The standard InChI is InChI=1S/C9H15N3O2/c1-4-13-5-2-12(1)3-6-14-9-7-10-8-11-9/h7-8H,1-6H2,(H,10,11). The van der Waals surface area contributed by atoms with Crippen LogP contribution >= 0.6 is 0 Å². The lowest BCUT2D eigenvalue weighted by Crippen LogP contribution is -2.38. The number of morpholine rings is 1. The molecule has 5 nitrogen and oxygen atoms in total. The lowest BCUT2D eigenvalue weighted by molar-refractivity contribution is 0.0320. The van der Waals surface area contributed by atoms with Gasteiger partial charge in [-0.3, -0.25) is 4.90 Å². The van der Waals surface area contributed by atoms with Gasteiger partial charge in [-0.05, 0) is 0 Å². The molecule has 2 rings (SSSR count). The van der Waals surface area contributed by atoms with E-state index in [2.05, 4.69) is 14.9 Å². The Labute approximate surface area is 83.0 Å². The summed E-state index contributed by atoms with van der Waals surface area (Å²) in [4.78, 5) is 9.10. The van der Waals surface area contributed by atoms with Crippen molar-refractivity contribution in [3.63, 3.8) is 0 Å². The predicted molar refractivity (Wildman–Crippen MR) is 51.3 cm³/mol. The summed E-state index contributed by atoms with van der Waals surface area (Å²) in [5.41, 5.74) is 0. The van der Waals surface area contributed by atoms with Crippen LogP contribution in [0, 0.1) is 0 Å². The number of aromatic amines is 1. The number of imidazole rings is 1. The number of nitrogens with one attached hydrogen (secondary N) is 1. The van der Waals surface area contributed by atoms with Gasteiger partial charge >= 0.3 is 0 Å². The second-order valence-corrected chi connectivity index (χ2v) is 3.22. The molecule has 14 heavy (non-hydrogen) atoms. The molecule has 0 radical (unpaired) electrons. The second-order valence-electron chi connectivity index (χ2n) is 3.22. The Bertz CT molecular complexity index is 245. The first-order valence-corrected chi connectivity index (χ1v) is 4.86. The molecule has 1 aromatic rings. The summed E-state index contributed by atoms with van der Waals surface area (Å²) in [6.45, 7) is 5.33. The fourth-order valence-electron chi connectivity index (χ4n) is 1.43. The average molecular weight is 197 g/mol. The fourth-order valence-corrected chi connectivity index (χ4v) is 1.43. The van der Waals surface area contributed by atoms with Crippen molar-refractivity contribution in [1.29, 1.82) is 0 Å². The Kier molecular flexibility index (Phi) is 3.37.